The first-order valence-electron chi connectivity index (χ1n) is 5.68. The van der Waals surface area contributed by atoms with Gasteiger partial charge in [-0.05, 0) is 6.92 Å². The topological polar surface area (TPSA) is 98.7 Å². The Labute approximate surface area is 109 Å². The van der Waals surface area contributed by atoms with Gasteiger partial charge in [-0.25, -0.2) is 9.59 Å². The average molecular weight is 275 g/mol. The van der Waals surface area contributed by atoms with Crippen molar-refractivity contribution >= 4 is 29.7 Å². The fraction of sp³-hybridized carbons (Fsp3) is 0.700. The molecule has 1 atom stereocenters. The predicted octanol–water partition coefficient (Wildman–Crippen LogP) is -0.318. The first-order valence-corrected chi connectivity index (χ1v) is 6.83. The number of carboxylic acids is 1. The van der Waals surface area contributed by atoms with Crippen molar-refractivity contribution < 1.29 is 19.5 Å². The van der Waals surface area contributed by atoms with E-state index >= 15 is 0 Å². The van der Waals surface area contributed by atoms with E-state index in [9.17, 15) is 14.4 Å². The molecule has 0 bridgehead atoms. The number of nitrogens with one attached hydrogen (secondary N) is 2. The highest BCUT2D eigenvalue weighted by Gasteiger charge is 2.34. The van der Waals surface area contributed by atoms with Gasteiger partial charge in [0.25, 0.3) is 0 Å². The summed E-state index contributed by atoms with van der Waals surface area (Å²) >= 11 is 1.40. The minimum absolute atomic E-state index is 0.136. The van der Waals surface area contributed by atoms with E-state index in [0.717, 1.165) is 0 Å². The molecule has 3 amide bonds. The third-order valence-electron chi connectivity index (χ3n) is 2.43. The van der Waals surface area contributed by atoms with Crippen LogP contribution in [-0.4, -0.2) is 58.7 Å². The molecule has 1 aliphatic heterocycles. The number of hydrogen-bond donors (Lipinski definition) is 3. The molecule has 1 rings (SSSR count). The molecule has 1 fully saturated rings. The second kappa shape index (κ2) is 7.10. The van der Waals surface area contributed by atoms with E-state index < -0.39 is 18.0 Å². The van der Waals surface area contributed by atoms with Gasteiger partial charge in [0.15, 0.2) is 0 Å². The molecule has 0 radical (unpaired) electrons. The van der Waals surface area contributed by atoms with Gasteiger partial charge in [0, 0.05) is 25.3 Å². The number of carboxylic acid groups (broad SMARTS) is 1. The second-order valence-corrected chi connectivity index (χ2v) is 4.76. The fourth-order valence-corrected chi connectivity index (χ4v) is 2.66. The van der Waals surface area contributed by atoms with Crippen molar-refractivity contribution in [1.82, 2.24) is 15.5 Å². The standard InChI is InChI=1S/C10H17N3O4S/c1-2-11-8(14)3-4-12-10(17)13-6-18-5-7(13)9(15)16/h7H,2-6H2,1H3,(H,11,14)(H,12,17)(H,15,16)/t7-/m0/s1. The summed E-state index contributed by atoms with van der Waals surface area (Å²) in [5.74, 6) is -0.370. The van der Waals surface area contributed by atoms with Crippen molar-refractivity contribution in [2.45, 2.75) is 19.4 Å². The van der Waals surface area contributed by atoms with Gasteiger partial charge in [0.05, 0.1) is 5.88 Å². The van der Waals surface area contributed by atoms with E-state index in [1.54, 1.807) is 0 Å². The number of nitrogens with zero attached hydrogens (tertiary/aromatic N) is 1. The first-order chi connectivity index (χ1) is 8.56. The van der Waals surface area contributed by atoms with Crippen LogP contribution < -0.4 is 10.6 Å². The van der Waals surface area contributed by atoms with E-state index in [-0.39, 0.29) is 18.9 Å². The molecular weight excluding hydrogens is 258 g/mol. The highest BCUT2D eigenvalue weighted by molar-refractivity contribution is 7.99. The van der Waals surface area contributed by atoms with Crippen LogP contribution in [0.15, 0.2) is 0 Å². The fourth-order valence-electron chi connectivity index (χ4n) is 1.52. The number of carbonyl (C=O) groups excluding carboxylic acids is 2. The Morgan fingerprint density at radius 2 is 2.11 bits per heavy atom. The number of amides is 3. The zero-order valence-corrected chi connectivity index (χ0v) is 11.0. The van der Waals surface area contributed by atoms with Gasteiger partial charge < -0.3 is 20.6 Å². The maximum Gasteiger partial charge on any atom is 0.327 e. The first kappa shape index (κ1) is 14.6. The number of rotatable bonds is 5. The number of thioether (sulfide) groups is 1. The van der Waals surface area contributed by atoms with E-state index in [2.05, 4.69) is 10.6 Å². The maximum atomic E-state index is 11.7. The van der Waals surface area contributed by atoms with Crippen LogP contribution in [-0.2, 0) is 9.59 Å². The van der Waals surface area contributed by atoms with Crippen LogP contribution in [0.4, 0.5) is 4.79 Å². The third kappa shape index (κ3) is 4.10. The maximum absolute atomic E-state index is 11.7. The van der Waals surface area contributed by atoms with Crippen LogP contribution in [0.25, 0.3) is 0 Å². The Morgan fingerprint density at radius 3 is 2.72 bits per heavy atom. The van der Waals surface area contributed by atoms with E-state index in [1.807, 2.05) is 6.92 Å². The Morgan fingerprint density at radius 1 is 1.39 bits per heavy atom. The van der Waals surface area contributed by atoms with Gasteiger partial charge in [-0.1, -0.05) is 0 Å². The van der Waals surface area contributed by atoms with Crippen LogP contribution in [0.1, 0.15) is 13.3 Å². The van der Waals surface area contributed by atoms with Crippen LogP contribution in [0.3, 0.4) is 0 Å². The molecule has 18 heavy (non-hydrogen) atoms. The highest BCUT2D eigenvalue weighted by atomic mass is 32.2. The Balaban J connectivity index is 2.32. The monoisotopic (exact) mass is 275 g/mol. The van der Waals surface area contributed by atoms with E-state index in [4.69, 9.17) is 5.11 Å². The molecule has 0 aromatic heterocycles. The molecular formula is C10H17N3O4S. The summed E-state index contributed by atoms with van der Waals surface area (Å²) in [5.41, 5.74) is 0. The average Bonchev–Trinajstić information content (AvgIpc) is 2.78. The summed E-state index contributed by atoms with van der Waals surface area (Å²) < 4.78 is 0. The molecule has 0 aromatic carbocycles. The van der Waals surface area contributed by atoms with Crippen molar-refractivity contribution in [3.63, 3.8) is 0 Å². The van der Waals surface area contributed by atoms with Crippen molar-refractivity contribution in [3.05, 3.63) is 0 Å². The van der Waals surface area contributed by atoms with Gasteiger partial charge in [0.2, 0.25) is 5.91 Å². The van der Waals surface area contributed by atoms with E-state index in [1.165, 1.54) is 16.7 Å². The quantitative estimate of drug-likeness (QED) is 0.639. The van der Waals surface area contributed by atoms with Crippen molar-refractivity contribution in [2.24, 2.45) is 0 Å². The van der Waals surface area contributed by atoms with E-state index in [0.29, 0.717) is 18.2 Å². The van der Waals surface area contributed by atoms with Crippen LogP contribution >= 0.6 is 11.8 Å². The summed E-state index contributed by atoms with van der Waals surface area (Å²) in [4.78, 5) is 35.0. The Hall–Kier alpha value is -1.44. The number of hydrogen-bond acceptors (Lipinski definition) is 4. The van der Waals surface area contributed by atoms with Gasteiger partial charge in [0.1, 0.15) is 6.04 Å². The molecule has 0 aliphatic carbocycles. The lowest BCUT2D eigenvalue weighted by Crippen LogP contribution is -2.47. The molecule has 0 unspecified atom stereocenters. The SMILES string of the molecule is CCNC(=O)CCNC(=O)N1CSC[C@H]1C(=O)O. The zero-order chi connectivity index (χ0) is 13.5. The summed E-state index contributed by atoms with van der Waals surface area (Å²) in [5, 5.41) is 14.1. The number of aliphatic carboxylic acids is 1. The molecule has 7 nitrogen and oxygen atoms in total. The molecule has 0 aromatic rings. The zero-order valence-electron chi connectivity index (χ0n) is 10.1. The smallest absolute Gasteiger partial charge is 0.327 e. The summed E-state index contributed by atoms with van der Waals surface area (Å²) in [7, 11) is 0. The molecule has 1 aliphatic rings. The summed E-state index contributed by atoms with van der Waals surface area (Å²) in [6.45, 7) is 2.57. The summed E-state index contributed by atoms with van der Waals surface area (Å²) in [6.07, 6.45) is 0.193. The number of urea groups is 1. The lowest BCUT2D eigenvalue weighted by molar-refractivity contribution is -0.140. The van der Waals surface area contributed by atoms with Crippen molar-refractivity contribution in [1.29, 1.82) is 0 Å². The molecule has 3 N–H and O–H groups in total. The molecule has 0 spiro atoms. The van der Waals surface area contributed by atoms with Crippen LogP contribution in [0.5, 0.6) is 0 Å². The van der Waals surface area contributed by atoms with Gasteiger partial charge in [-0.2, -0.15) is 0 Å². The molecule has 0 saturated carbocycles. The Kier molecular flexibility index (Phi) is 5.76. The highest BCUT2D eigenvalue weighted by Crippen LogP contribution is 2.20. The van der Waals surface area contributed by atoms with Gasteiger partial charge in [-0.3, -0.25) is 4.79 Å². The van der Waals surface area contributed by atoms with Crippen LogP contribution in [0.2, 0.25) is 0 Å². The van der Waals surface area contributed by atoms with Gasteiger partial charge >= 0.3 is 12.0 Å². The minimum atomic E-state index is -1.00. The molecule has 8 heteroatoms. The molecule has 1 heterocycles. The number of carbonyl (C=O) groups is 3. The third-order valence-corrected chi connectivity index (χ3v) is 3.44. The van der Waals surface area contributed by atoms with Gasteiger partial charge in [-0.15, -0.1) is 11.8 Å². The lowest BCUT2D eigenvalue weighted by Gasteiger charge is -2.20. The minimum Gasteiger partial charge on any atom is -0.480 e. The molecule has 1 saturated heterocycles. The predicted molar refractivity (Wildman–Crippen MR) is 67.3 cm³/mol. The van der Waals surface area contributed by atoms with Crippen molar-refractivity contribution in [3.8, 4) is 0 Å². The van der Waals surface area contributed by atoms with Crippen LogP contribution in [0, 0.1) is 0 Å². The Bertz CT molecular complexity index is 337. The summed E-state index contributed by atoms with van der Waals surface area (Å²) in [6, 6.07) is -1.21. The molecule has 102 valence electrons. The second-order valence-electron chi connectivity index (χ2n) is 3.76. The largest absolute Gasteiger partial charge is 0.480 e. The lowest BCUT2D eigenvalue weighted by atomic mass is 10.3. The normalized spacial score (nSPS) is 18.5. The van der Waals surface area contributed by atoms with Crippen molar-refractivity contribution in [2.75, 3.05) is 24.7 Å².